The van der Waals surface area contributed by atoms with E-state index in [9.17, 15) is 66.1 Å². The van der Waals surface area contributed by atoms with Crippen LogP contribution in [0.3, 0.4) is 0 Å². The molecular formula is C33H40O20. The lowest BCUT2D eigenvalue weighted by Crippen LogP contribution is -2.65. The lowest BCUT2D eigenvalue weighted by molar-refractivity contribution is -0.357. The molecule has 15 atom stereocenters. The summed E-state index contributed by atoms with van der Waals surface area (Å²) in [5.74, 6) is -0.655. The van der Waals surface area contributed by atoms with Gasteiger partial charge >= 0.3 is 0 Å². The van der Waals surface area contributed by atoms with Crippen LogP contribution in [0.25, 0.3) is 22.1 Å². The van der Waals surface area contributed by atoms with E-state index in [0.717, 1.165) is 12.3 Å². The zero-order valence-corrected chi connectivity index (χ0v) is 27.5. The van der Waals surface area contributed by atoms with Gasteiger partial charge in [-0.25, -0.2) is 0 Å². The Bertz CT molecular complexity index is 1750. The molecule has 0 radical (unpaired) electrons. The summed E-state index contributed by atoms with van der Waals surface area (Å²) in [6, 6.07) is 7.90. The van der Waals surface area contributed by atoms with Crippen LogP contribution in [-0.2, 0) is 18.9 Å². The summed E-state index contributed by atoms with van der Waals surface area (Å²) in [6.07, 6.45) is -23.2. The third-order valence-electron chi connectivity index (χ3n) is 9.31. The fourth-order valence-electron chi connectivity index (χ4n) is 6.25. The third-order valence-corrected chi connectivity index (χ3v) is 9.31. The molecule has 292 valence electrons. The molecule has 53 heavy (non-hydrogen) atoms. The van der Waals surface area contributed by atoms with Crippen molar-refractivity contribution in [3.63, 3.8) is 0 Å². The normalized spacial score (nSPS) is 37.8. The molecule has 0 amide bonds. The first-order chi connectivity index (χ1) is 25.3. The van der Waals surface area contributed by atoms with Gasteiger partial charge in [0.25, 0.3) is 0 Å². The Kier molecular flexibility index (Phi) is 11.9. The van der Waals surface area contributed by atoms with E-state index in [2.05, 4.69) is 0 Å². The highest BCUT2D eigenvalue weighted by Crippen LogP contribution is 2.34. The van der Waals surface area contributed by atoms with Gasteiger partial charge < -0.3 is 94.1 Å². The highest BCUT2D eigenvalue weighted by molar-refractivity contribution is 5.88. The molecule has 0 saturated carbocycles. The Morgan fingerprint density at radius 1 is 0.585 bits per heavy atom. The molecule has 3 fully saturated rings. The topological polar surface area (TPSA) is 328 Å². The van der Waals surface area contributed by atoms with E-state index in [-0.39, 0.29) is 33.6 Å². The summed E-state index contributed by atoms with van der Waals surface area (Å²) < 4.78 is 39.0. The monoisotopic (exact) mass is 756 g/mol. The van der Waals surface area contributed by atoms with Gasteiger partial charge in [0.1, 0.15) is 102 Å². The van der Waals surface area contributed by atoms with Crippen molar-refractivity contribution in [1.29, 1.82) is 0 Å². The number of hydrogen-bond acceptors (Lipinski definition) is 20. The van der Waals surface area contributed by atoms with Crippen LogP contribution in [0.2, 0.25) is 0 Å². The van der Waals surface area contributed by atoms with Crippen molar-refractivity contribution < 1.29 is 94.1 Å². The number of ether oxygens (including phenoxy) is 6. The second kappa shape index (κ2) is 16.0. The zero-order chi connectivity index (χ0) is 38.3. The van der Waals surface area contributed by atoms with E-state index in [1.807, 2.05) is 0 Å². The van der Waals surface area contributed by atoms with Crippen molar-refractivity contribution in [3.05, 3.63) is 52.9 Å². The van der Waals surface area contributed by atoms with Gasteiger partial charge in [-0.1, -0.05) is 12.1 Å². The highest BCUT2D eigenvalue weighted by atomic mass is 16.8. The molecule has 12 N–H and O–H groups in total. The van der Waals surface area contributed by atoms with Gasteiger partial charge in [0.05, 0.1) is 25.4 Å². The van der Waals surface area contributed by atoms with Crippen LogP contribution in [-0.4, -0.2) is 173 Å². The summed E-state index contributed by atoms with van der Waals surface area (Å²) in [5, 5.41) is 122. The quantitative estimate of drug-likeness (QED) is 0.0925. The molecule has 3 aromatic rings. The fraction of sp³-hybridized carbons (Fsp3) is 0.545. The SMILES string of the molecule is O=c1c(-c2ccc(OC3OC(CO)C(O)C(O)C3OC3OC(CO)C(O)C(O)C3O)cc2)coc2cc(OC3OC(CO)C(O)C(O)C3O)cc(O)c12. The predicted octanol–water partition coefficient (Wildman–Crippen LogP) is -4.65. The van der Waals surface area contributed by atoms with E-state index < -0.39 is 123 Å². The first kappa shape index (κ1) is 39.2. The van der Waals surface area contributed by atoms with E-state index in [1.165, 1.54) is 30.3 Å². The van der Waals surface area contributed by atoms with Crippen molar-refractivity contribution in [2.45, 2.75) is 92.1 Å². The number of hydrogen-bond donors (Lipinski definition) is 12. The van der Waals surface area contributed by atoms with Gasteiger partial charge in [0.2, 0.25) is 18.0 Å². The van der Waals surface area contributed by atoms with Crippen molar-refractivity contribution in [2.75, 3.05) is 19.8 Å². The van der Waals surface area contributed by atoms with Gasteiger partial charge in [-0.2, -0.15) is 0 Å². The first-order valence-corrected chi connectivity index (χ1v) is 16.4. The molecular weight excluding hydrogens is 716 g/mol. The Labute approximate surface area is 298 Å². The van der Waals surface area contributed by atoms with Crippen LogP contribution in [0.4, 0.5) is 0 Å². The van der Waals surface area contributed by atoms with Gasteiger partial charge in [-0.15, -0.1) is 0 Å². The number of phenolic OH excluding ortho intramolecular Hbond substituents is 1. The minimum Gasteiger partial charge on any atom is -0.507 e. The smallest absolute Gasteiger partial charge is 0.229 e. The number of aliphatic hydroxyl groups excluding tert-OH is 11. The van der Waals surface area contributed by atoms with Crippen LogP contribution in [0.5, 0.6) is 17.2 Å². The predicted molar refractivity (Wildman–Crippen MR) is 171 cm³/mol. The van der Waals surface area contributed by atoms with Gasteiger partial charge in [-0.05, 0) is 17.7 Å². The third kappa shape index (κ3) is 7.58. The molecule has 3 saturated heterocycles. The number of rotatable bonds is 10. The largest absolute Gasteiger partial charge is 0.507 e. The van der Waals surface area contributed by atoms with Gasteiger partial charge in [0, 0.05) is 12.1 Å². The fourth-order valence-corrected chi connectivity index (χ4v) is 6.25. The summed E-state index contributed by atoms with van der Waals surface area (Å²) in [5.41, 5.74) is -0.504. The van der Waals surface area contributed by atoms with E-state index in [4.69, 9.17) is 32.8 Å². The highest BCUT2D eigenvalue weighted by Gasteiger charge is 2.51. The second-order valence-corrected chi connectivity index (χ2v) is 12.8. The van der Waals surface area contributed by atoms with Gasteiger partial charge in [0.15, 0.2) is 12.4 Å². The van der Waals surface area contributed by atoms with Crippen LogP contribution in [0.1, 0.15) is 0 Å². The van der Waals surface area contributed by atoms with Crippen molar-refractivity contribution in [1.82, 2.24) is 0 Å². The van der Waals surface area contributed by atoms with E-state index >= 15 is 0 Å². The standard InChI is InChI=1S/C33H40O20/c34-7-17-22(39)25(42)28(45)31(50-17)49-13-5-15(37)20-16(6-13)47-10-14(21(20)38)11-1-3-12(4-2-11)48-33-30(27(44)24(41)19(9-36)52-33)53-32-29(46)26(43)23(40)18(8-35)51-32/h1-6,10,17-19,22-37,39-46H,7-9H2. The van der Waals surface area contributed by atoms with Crippen molar-refractivity contribution >= 4 is 11.0 Å². The van der Waals surface area contributed by atoms with E-state index in [1.54, 1.807) is 0 Å². The Hall–Kier alpha value is -3.55. The average Bonchev–Trinajstić information content (AvgIpc) is 3.15. The summed E-state index contributed by atoms with van der Waals surface area (Å²) in [4.78, 5) is 13.5. The Morgan fingerprint density at radius 3 is 1.68 bits per heavy atom. The number of aromatic hydroxyl groups is 1. The molecule has 0 aliphatic carbocycles. The summed E-state index contributed by atoms with van der Waals surface area (Å²) in [7, 11) is 0. The van der Waals surface area contributed by atoms with Crippen LogP contribution in [0.15, 0.2) is 51.9 Å². The Balaban J connectivity index is 1.20. The number of aliphatic hydroxyl groups is 11. The average molecular weight is 757 g/mol. The maximum absolute atomic E-state index is 13.5. The van der Waals surface area contributed by atoms with Crippen LogP contribution >= 0.6 is 0 Å². The zero-order valence-electron chi connectivity index (χ0n) is 27.5. The first-order valence-electron chi connectivity index (χ1n) is 16.4. The van der Waals surface area contributed by atoms with E-state index in [0.29, 0.717) is 0 Å². The number of fused-ring (bicyclic) bond motifs is 1. The molecule has 1 aromatic heterocycles. The molecule has 0 bridgehead atoms. The molecule has 6 rings (SSSR count). The molecule has 3 aliphatic rings. The van der Waals surface area contributed by atoms with Crippen LogP contribution in [0, 0.1) is 0 Å². The molecule has 15 unspecified atom stereocenters. The molecule has 3 aliphatic heterocycles. The molecule has 4 heterocycles. The lowest BCUT2D eigenvalue weighted by atomic mass is 9.97. The Morgan fingerprint density at radius 2 is 1.09 bits per heavy atom. The number of phenols is 1. The lowest BCUT2D eigenvalue weighted by Gasteiger charge is -2.45. The number of benzene rings is 2. The molecule has 2 aromatic carbocycles. The van der Waals surface area contributed by atoms with Gasteiger partial charge in [-0.3, -0.25) is 4.79 Å². The van der Waals surface area contributed by atoms with Crippen LogP contribution < -0.4 is 14.9 Å². The minimum absolute atomic E-state index is 0.00131. The molecule has 0 spiro atoms. The molecule has 20 nitrogen and oxygen atoms in total. The minimum atomic E-state index is -1.86. The van der Waals surface area contributed by atoms with Crippen molar-refractivity contribution in [2.24, 2.45) is 0 Å². The maximum Gasteiger partial charge on any atom is 0.229 e. The summed E-state index contributed by atoms with van der Waals surface area (Å²) >= 11 is 0. The second-order valence-electron chi connectivity index (χ2n) is 12.8. The van der Waals surface area contributed by atoms with Crippen molar-refractivity contribution in [3.8, 4) is 28.4 Å². The maximum atomic E-state index is 13.5. The molecule has 20 heteroatoms. The summed E-state index contributed by atoms with van der Waals surface area (Å²) in [6.45, 7) is -2.19.